The molecule has 0 unspecified atom stereocenters. The van der Waals surface area contributed by atoms with E-state index in [1.807, 2.05) is 10.7 Å². The topological polar surface area (TPSA) is 35.1 Å². The number of hydrogen-bond donors (Lipinski definition) is 0. The second-order valence-electron chi connectivity index (χ2n) is 10.1. The third-order valence-electron chi connectivity index (χ3n) is 7.60. The molecule has 0 aliphatic heterocycles. The number of benzene rings is 4. The minimum Gasteiger partial charge on any atom is -0.364 e. The molecule has 0 bridgehead atoms. The summed E-state index contributed by atoms with van der Waals surface area (Å²) in [7, 11) is 0. The van der Waals surface area contributed by atoms with E-state index in [-0.39, 0.29) is 20.1 Å². The molecule has 8 rings (SSSR count). The van der Waals surface area contributed by atoms with Crippen LogP contribution in [0.25, 0.3) is 64.7 Å². The van der Waals surface area contributed by atoms with Gasteiger partial charge in [0.1, 0.15) is 5.01 Å². The molecule has 8 aromatic rings. The maximum absolute atomic E-state index is 5.29. The van der Waals surface area contributed by atoms with E-state index < -0.39 is 0 Å². The molecule has 0 spiro atoms. The minimum absolute atomic E-state index is 0. The van der Waals surface area contributed by atoms with Gasteiger partial charge in [0.25, 0.3) is 0 Å². The average molecular weight is 700 g/mol. The van der Waals surface area contributed by atoms with Crippen LogP contribution in [0.4, 0.5) is 0 Å². The number of rotatable bonds is 2. The number of pyridine rings is 1. The molecule has 0 atom stereocenters. The molecule has 191 valence electrons. The standard InChI is InChI=1S/C33H23N4S.Ir/c1-19-16-20(2)30(21(3)17-19)33-35-31-25-18-22(12-13-28(25)37-29(14-15-34-37)32(31)38-33)36-26-10-6-4-8-23(26)24-9-5-7-11-27(24)36;/h4-12,14-18H,1-3H3;/q-1;. The van der Waals surface area contributed by atoms with Crippen LogP contribution in [0.5, 0.6) is 0 Å². The summed E-state index contributed by atoms with van der Waals surface area (Å²) >= 11 is 1.75. The molecule has 0 saturated heterocycles. The van der Waals surface area contributed by atoms with Crippen LogP contribution in [-0.4, -0.2) is 19.2 Å². The fraction of sp³-hybridized carbons (Fsp3) is 0.0909. The average Bonchev–Trinajstić information content (AvgIpc) is 3.64. The summed E-state index contributed by atoms with van der Waals surface area (Å²) in [5.41, 5.74) is 11.5. The maximum atomic E-state index is 5.29. The Morgan fingerprint density at radius 2 is 1.44 bits per heavy atom. The molecular formula is C33H23IrN4S-. The van der Waals surface area contributed by atoms with Crippen molar-refractivity contribution < 1.29 is 20.1 Å². The molecule has 0 fully saturated rings. The summed E-state index contributed by atoms with van der Waals surface area (Å²) in [4.78, 5) is 5.29. The molecule has 0 amide bonds. The van der Waals surface area contributed by atoms with E-state index in [1.165, 1.54) is 44.1 Å². The van der Waals surface area contributed by atoms with Gasteiger partial charge in [-0.3, -0.25) is 4.52 Å². The second-order valence-corrected chi connectivity index (χ2v) is 11.1. The van der Waals surface area contributed by atoms with Crippen LogP contribution in [0, 0.1) is 26.8 Å². The van der Waals surface area contributed by atoms with Gasteiger partial charge in [0.15, 0.2) is 0 Å². The molecular weight excluding hydrogens is 677 g/mol. The van der Waals surface area contributed by atoms with Gasteiger partial charge in [-0.2, -0.15) is 17.2 Å². The third kappa shape index (κ3) is 3.45. The van der Waals surface area contributed by atoms with Crippen LogP contribution in [0.2, 0.25) is 0 Å². The van der Waals surface area contributed by atoms with Gasteiger partial charge in [-0.15, -0.1) is 17.4 Å². The molecule has 1 radical (unpaired) electrons. The molecule has 4 aromatic heterocycles. The van der Waals surface area contributed by atoms with Gasteiger partial charge in [0.2, 0.25) is 0 Å². The number of nitrogens with zero attached hydrogens (tertiary/aromatic N) is 4. The SMILES string of the molecule is Cc1cc(C)c(-c2nc3c4cc(-n5c6ccccc6c6ccccc65)c[c-]c4n4nccc4c3s2)c(C)c1.[Ir]. The van der Waals surface area contributed by atoms with Gasteiger partial charge in [-0.25, -0.2) is 4.98 Å². The van der Waals surface area contributed by atoms with Crippen LogP contribution in [-0.2, 0) is 20.1 Å². The van der Waals surface area contributed by atoms with E-state index in [1.54, 1.807) is 11.3 Å². The molecule has 39 heavy (non-hydrogen) atoms. The van der Waals surface area contributed by atoms with Gasteiger partial charge in [-0.1, -0.05) is 65.2 Å². The summed E-state index contributed by atoms with van der Waals surface area (Å²) < 4.78 is 5.49. The van der Waals surface area contributed by atoms with Crippen LogP contribution < -0.4 is 0 Å². The van der Waals surface area contributed by atoms with Crippen molar-refractivity contribution in [1.82, 2.24) is 19.2 Å². The Hall–Kier alpha value is -3.83. The second kappa shape index (κ2) is 8.85. The fourth-order valence-electron chi connectivity index (χ4n) is 6.12. The Morgan fingerprint density at radius 1 is 0.769 bits per heavy atom. The number of aryl methyl sites for hydroxylation is 3. The summed E-state index contributed by atoms with van der Waals surface area (Å²) in [6, 6.07) is 31.7. The molecule has 0 saturated carbocycles. The largest absolute Gasteiger partial charge is 0.364 e. The van der Waals surface area contributed by atoms with Crippen LogP contribution >= 0.6 is 11.3 Å². The van der Waals surface area contributed by atoms with Crippen LogP contribution in [0.15, 0.2) is 85.1 Å². The number of thiazole rings is 1. The summed E-state index contributed by atoms with van der Waals surface area (Å²) in [5.74, 6) is 0. The zero-order chi connectivity index (χ0) is 25.5. The molecule has 0 aliphatic rings. The summed E-state index contributed by atoms with van der Waals surface area (Å²) in [5, 5.41) is 9.28. The Labute approximate surface area is 242 Å². The van der Waals surface area contributed by atoms with Crippen molar-refractivity contribution >= 4 is 59.8 Å². The first kappa shape index (κ1) is 24.2. The number of hydrogen-bond acceptors (Lipinski definition) is 3. The molecule has 4 aromatic carbocycles. The molecule has 4 nitrogen and oxygen atoms in total. The molecule has 6 heteroatoms. The monoisotopic (exact) mass is 700 g/mol. The van der Waals surface area contributed by atoms with Gasteiger partial charge in [-0.05, 0) is 55.6 Å². The zero-order valence-electron chi connectivity index (χ0n) is 21.6. The van der Waals surface area contributed by atoms with Crippen molar-refractivity contribution in [2.75, 3.05) is 0 Å². The first-order valence-electron chi connectivity index (χ1n) is 12.8. The molecule has 0 N–H and O–H groups in total. The Kier molecular flexibility index (Phi) is 5.50. The van der Waals surface area contributed by atoms with Gasteiger partial charge < -0.3 is 4.57 Å². The van der Waals surface area contributed by atoms with E-state index in [0.717, 1.165) is 37.3 Å². The van der Waals surface area contributed by atoms with Gasteiger partial charge in [0, 0.05) is 59.2 Å². The van der Waals surface area contributed by atoms with Crippen molar-refractivity contribution in [2.24, 2.45) is 0 Å². The van der Waals surface area contributed by atoms with Crippen molar-refractivity contribution in [2.45, 2.75) is 20.8 Å². The van der Waals surface area contributed by atoms with E-state index in [4.69, 9.17) is 4.98 Å². The fourth-order valence-corrected chi connectivity index (χ4v) is 7.38. The first-order valence-corrected chi connectivity index (χ1v) is 13.6. The quantitative estimate of drug-likeness (QED) is 0.170. The smallest absolute Gasteiger partial charge is 0.123 e. The third-order valence-corrected chi connectivity index (χ3v) is 8.70. The van der Waals surface area contributed by atoms with E-state index >= 15 is 0 Å². The van der Waals surface area contributed by atoms with Crippen LogP contribution in [0.3, 0.4) is 0 Å². The van der Waals surface area contributed by atoms with Crippen molar-refractivity contribution in [3.63, 3.8) is 0 Å². The normalized spacial score (nSPS) is 11.8. The zero-order valence-corrected chi connectivity index (χ0v) is 24.8. The molecule has 4 heterocycles. The summed E-state index contributed by atoms with van der Waals surface area (Å²) in [6.07, 6.45) is 1.87. The van der Waals surface area contributed by atoms with Crippen LogP contribution in [0.1, 0.15) is 16.7 Å². The predicted octanol–water partition coefficient (Wildman–Crippen LogP) is 8.58. The predicted molar refractivity (Wildman–Crippen MR) is 159 cm³/mol. The molecule has 0 aliphatic carbocycles. The van der Waals surface area contributed by atoms with Crippen molar-refractivity contribution in [1.29, 1.82) is 0 Å². The van der Waals surface area contributed by atoms with E-state index in [0.29, 0.717) is 0 Å². The van der Waals surface area contributed by atoms with Crippen molar-refractivity contribution in [3.8, 4) is 16.3 Å². The van der Waals surface area contributed by atoms with E-state index in [2.05, 4.69) is 115 Å². The van der Waals surface area contributed by atoms with Gasteiger partial charge in [0.05, 0.1) is 10.2 Å². The number of fused-ring (bicyclic) bond motifs is 9. The Balaban J connectivity index is 0.00000253. The first-order chi connectivity index (χ1) is 18.6. The number of aromatic nitrogens is 4. The Morgan fingerprint density at radius 3 is 2.13 bits per heavy atom. The number of para-hydroxylation sites is 2. The maximum Gasteiger partial charge on any atom is 0.123 e. The minimum atomic E-state index is 0. The summed E-state index contributed by atoms with van der Waals surface area (Å²) in [6.45, 7) is 6.52. The Bertz CT molecular complexity index is 2160. The van der Waals surface area contributed by atoms with Gasteiger partial charge >= 0.3 is 0 Å². The van der Waals surface area contributed by atoms with E-state index in [9.17, 15) is 0 Å². The van der Waals surface area contributed by atoms with Crippen molar-refractivity contribution in [3.05, 3.63) is 108 Å².